The first-order valence-corrected chi connectivity index (χ1v) is 7.16. The van der Waals surface area contributed by atoms with E-state index in [0.29, 0.717) is 13.0 Å². The van der Waals surface area contributed by atoms with Crippen LogP contribution in [0.4, 0.5) is 0 Å². The van der Waals surface area contributed by atoms with Crippen molar-refractivity contribution in [3.8, 4) is 10.4 Å². The minimum atomic E-state index is 0.0728. The lowest BCUT2D eigenvalue weighted by Gasteiger charge is -2.02. The molecule has 1 aromatic carbocycles. The molecule has 0 saturated heterocycles. The van der Waals surface area contributed by atoms with Gasteiger partial charge in [-0.25, -0.2) is 0 Å². The van der Waals surface area contributed by atoms with Crippen LogP contribution in [0, 0.1) is 0 Å². The maximum atomic E-state index is 11.1. The molecule has 19 heavy (non-hydrogen) atoms. The van der Waals surface area contributed by atoms with E-state index >= 15 is 0 Å². The summed E-state index contributed by atoms with van der Waals surface area (Å²) in [6.45, 7) is 1.52. The van der Waals surface area contributed by atoms with Crippen molar-refractivity contribution in [3.05, 3.63) is 47.3 Å². The van der Waals surface area contributed by atoms with Gasteiger partial charge in [-0.05, 0) is 17.7 Å². The van der Waals surface area contributed by atoms with Crippen LogP contribution in [-0.2, 0) is 11.3 Å². The number of carbonyl (C=O) groups is 1. The second-order valence-corrected chi connectivity index (χ2v) is 5.40. The van der Waals surface area contributed by atoms with Gasteiger partial charge in [0.1, 0.15) is 0 Å². The summed E-state index contributed by atoms with van der Waals surface area (Å²) in [6, 6.07) is 14.7. The molecule has 0 aliphatic rings. The zero-order valence-electron chi connectivity index (χ0n) is 11.0. The highest BCUT2D eigenvalue weighted by Gasteiger charge is 2.02. The summed E-state index contributed by atoms with van der Waals surface area (Å²) in [4.78, 5) is 13.6. The SMILES string of the molecule is CNC(=O)CCNCc1ccc(-c2ccccc2)s1. The number of benzene rings is 1. The van der Waals surface area contributed by atoms with Crippen LogP contribution in [0.5, 0.6) is 0 Å². The molecular weight excluding hydrogens is 256 g/mol. The van der Waals surface area contributed by atoms with Gasteiger partial charge < -0.3 is 10.6 Å². The fourth-order valence-electron chi connectivity index (χ4n) is 1.77. The number of amides is 1. The molecule has 3 nitrogen and oxygen atoms in total. The van der Waals surface area contributed by atoms with Crippen LogP contribution in [0.25, 0.3) is 10.4 Å². The van der Waals surface area contributed by atoms with Crippen LogP contribution in [-0.4, -0.2) is 19.5 Å². The molecule has 0 aliphatic heterocycles. The molecule has 1 amide bonds. The lowest BCUT2D eigenvalue weighted by molar-refractivity contribution is -0.120. The molecule has 2 rings (SSSR count). The van der Waals surface area contributed by atoms with Gasteiger partial charge in [0.15, 0.2) is 0 Å². The number of nitrogens with one attached hydrogen (secondary N) is 2. The maximum absolute atomic E-state index is 11.1. The molecule has 1 aromatic heterocycles. The largest absolute Gasteiger partial charge is 0.359 e. The van der Waals surface area contributed by atoms with E-state index < -0.39 is 0 Å². The monoisotopic (exact) mass is 274 g/mol. The van der Waals surface area contributed by atoms with Gasteiger partial charge in [-0.3, -0.25) is 4.79 Å². The number of thiophene rings is 1. The van der Waals surface area contributed by atoms with Crippen molar-refractivity contribution < 1.29 is 4.79 Å². The minimum absolute atomic E-state index is 0.0728. The van der Waals surface area contributed by atoms with Gasteiger partial charge in [0.05, 0.1) is 0 Å². The standard InChI is InChI=1S/C15H18N2OS/c1-16-15(18)9-10-17-11-13-7-8-14(19-13)12-5-3-2-4-6-12/h2-8,17H,9-11H2,1H3,(H,16,18). The van der Waals surface area contributed by atoms with E-state index in [1.165, 1.54) is 15.3 Å². The molecule has 4 heteroatoms. The van der Waals surface area contributed by atoms with Crippen molar-refractivity contribution in [3.63, 3.8) is 0 Å². The Morgan fingerprint density at radius 3 is 2.68 bits per heavy atom. The van der Waals surface area contributed by atoms with Crippen molar-refractivity contribution in [1.82, 2.24) is 10.6 Å². The number of carbonyl (C=O) groups excluding carboxylic acids is 1. The zero-order valence-corrected chi connectivity index (χ0v) is 11.8. The summed E-state index contributed by atoms with van der Waals surface area (Å²) < 4.78 is 0. The molecule has 0 saturated carbocycles. The number of hydrogen-bond acceptors (Lipinski definition) is 3. The maximum Gasteiger partial charge on any atom is 0.221 e. The molecule has 0 unspecified atom stereocenters. The van der Waals surface area contributed by atoms with Crippen LogP contribution in [0.1, 0.15) is 11.3 Å². The Bertz CT molecular complexity index is 522. The lowest BCUT2D eigenvalue weighted by Crippen LogP contribution is -2.24. The normalized spacial score (nSPS) is 10.4. The summed E-state index contributed by atoms with van der Waals surface area (Å²) in [6.07, 6.45) is 0.521. The smallest absolute Gasteiger partial charge is 0.221 e. The van der Waals surface area contributed by atoms with Gasteiger partial charge in [-0.1, -0.05) is 30.3 Å². The van der Waals surface area contributed by atoms with E-state index in [2.05, 4.69) is 47.0 Å². The minimum Gasteiger partial charge on any atom is -0.359 e. The van der Waals surface area contributed by atoms with Crippen LogP contribution >= 0.6 is 11.3 Å². The summed E-state index contributed by atoms with van der Waals surface area (Å²) in [5.74, 6) is 0.0728. The molecule has 0 fully saturated rings. The third kappa shape index (κ3) is 4.19. The van der Waals surface area contributed by atoms with E-state index in [-0.39, 0.29) is 5.91 Å². The van der Waals surface area contributed by atoms with E-state index in [9.17, 15) is 4.79 Å². The fourth-order valence-corrected chi connectivity index (χ4v) is 2.75. The highest BCUT2D eigenvalue weighted by Crippen LogP contribution is 2.27. The Morgan fingerprint density at radius 1 is 1.16 bits per heavy atom. The van der Waals surface area contributed by atoms with E-state index in [1.807, 2.05) is 6.07 Å². The molecular formula is C15H18N2OS. The number of rotatable bonds is 6. The summed E-state index contributed by atoms with van der Waals surface area (Å²) in [5.41, 5.74) is 1.25. The second-order valence-electron chi connectivity index (χ2n) is 4.23. The Hall–Kier alpha value is -1.65. The van der Waals surface area contributed by atoms with E-state index in [1.54, 1.807) is 18.4 Å². The van der Waals surface area contributed by atoms with Crippen molar-refractivity contribution in [2.45, 2.75) is 13.0 Å². The Labute approximate surface area is 117 Å². The Kier molecular flexibility index (Phi) is 5.12. The summed E-state index contributed by atoms with van der Waals surface area (Å²) >= 11 is 1.79. The lowest BCUT2D eigenvalue weighted by atomic mass is 10.2. The van der Waals surface area contributed by atoms with Gasteiger partial charge in [0, 0.05) is 36.3 Å². The third-order valence-electron chi connectivity index (χ3n) is 2.83. The Balaban J connectivity index is 1.83. The molecule has 1 heterocycles. The molecule has 2 aromatic rings. The van der Waals surface area contributed by atoms with Gasteiger partial charge in [0.2, 0.25) is 5.91 Å². The zero-order chi connectivity index (χ0) is 13.5. The molecule has 0 aliphatic carbocycles. The summed E-state index contributed by atoms with van der Waals surface area (Å²) in [5, 5.41) is 5.89. The second kappa shape index (κ2) is 7.07. The van der Waals surface area contributed by atoms with Crippen LogP contribution in [0.3, 0.4) is 0 Å². The van der Waals surface area contributed by atoms with Crippen molar-refractivity contribution in [2.24, 2.45) is 0 Å². The first kappa shape index (κ1) is 13.8. The molecule has 0 atom stereocenters. The first-order valence-electron chi connectivity index (χ1n) is 6.35. The number of hydrogen-bond donors (Lipinski definition) is 2. The van der Waals surface area contributed by atoms with Gasteiger partial charge in [-0.15, -0.1) is 11.3 Å². The molecule has 0 radical (unpaired) electrons. The quantitative estimate of drug-likeness (QED) is 0.795. The molecule has 2 N–H and O–H groups in total. The summed E-state index contributed by atoms with van der Waals surface area (Å²) in [7, 11) is 1.66. The van der Waals surface area contributed by atoms with E-state index in [4.69, 9.17) is 0 Å². The third-order valence-corrected chi connectivity index (χ3v) is 3.96. The predicted molar refractivity (Wildman–Crippen MR) is 80.1 cm³/mol. The van der Waals surface area contributed by atoms with Gasteiger partial charge >= 0.3 is 0 Å². The Morgan fingerprint density at radius 2 is 1.95 bits per heavy atom. The topological polar surface area (TPSA) is 41.1 Å². The predicted octanol–water partition coefficient (Wildman–Crippen LogP) is 2.64. The first-order chi connectivity index (χ1) is 9.29. The van der Waals surface area contributed by atoms with Crippen LogP contribution < -0.4 is 10.6 Å². The molecule has 0 bridgehead atoms. The van der Waals surface area contributed by atoms with Crippen LogP contribution in [0.15, 0.2) is 42.5 Å². The highest BCUT2D eigenvalue weighted by molar-refractivity contribution is 7.15. The van der Waals surface area contributed by atoms with Crippen molar-refractivity contribution >= 4 is 17.2 Å². The molecule has 100 valence electrons. The average Bonchev–Trinajstić information content (AvgIpc) is 2.93. The van der Waals surface area contributed by atoms with Crippen LogP contribution in [0.2, 0.25) is 0 Å². The van der Waals surface area contributed by atoms with Gasteiger partial charge in [0.25, 0.3) is 0 Å². The molecule has 0 spiro atoms. The van der Waals surface area contributed by atoms with Crippen molar-refractivity contribution in [2.75, 3.05) is 13.6 Å². The highest BCUT2D eigenvalue weighted by atomic mass is 32.1. The van der Waals surface area contributed by atoms with E-state index in [0.717, 1.165) is 6.54 Å². The average molecular weight is 274 g/mol. The van der Waals surface area contributed by atoms with Gasteiger partial charge in [-0.2, -0.15) is 0 Å². The van der Waals surface area contributed by atoms with Crippen molar-refractivity contribution in [1.29, 1.82) is 0 Å². The fraction of sp³-hybridized carbons (Fsp3) is 0.267.